The summed E-state index contributed by atoms with van der Waals surface area (Å²) in [6.07, 6.45) is 8.07. The normalized spacial score (nSPS) is 11.8. The van der Waals surface area contributed by atoms with Crippen molar-refractivity contribution in [3.63, 3.8) is 0 Å². The lowest BCUT2D eigenvalue weighted by Crippen LogP contribution is -2.12. The molecule has 2 aromatic heterocycles. The van der Waals surface area contributed by atoms with Crippen LogP contribution in [0.5, 0.6) is 0 Å². The number of anilines is 1. The van der Waals surface area contributed by atoms with Crippen LogP contribution < -0.4 is 5.73 Å². The molecule has 2 heterocycles. The van der Waals surface area contributed by atoms with Crippen LogP contribution in [-0.2, 0) is 12.8 Å². The molecule has 5 nitrogen and oxygen atoms in total. The minimum absolute atomic E-state index is 0.541. The smallest absolute Gasteiger partial charge is 0.150 e. The quantitative estimate of drug-likeness (QED) is 0.562. The van der Waals surface area contributed by atoms with Crippen molar-refractivity contribution in [3.05, 3.63) is 29.6 Å². The number of pyridine rings is 1. The molecule has 1 aromatic carbocycles. The highest BCUT2D eigenvalue weighted by Crippen LogP contribution is 2.27. The van der Waals surface area contributed by atoms with E-state index in [1.54, 1.807) is 0 Å². The molecule has 0 unspecified atom stereocenters. The van der Waals surface area contributed by atoms with E-state index in [4.69, 9.17) is 10.7 Å². The van der Waals surface area contributed by atoms with E-state index in [0.717, 1.165) is 60.0 Å². The van der Waals surface area contributed by atoms with Crippen LogP contribution in [0.25, 0.3) is 21.9 Å². The molecule has 3 rings (SSSR count). The molecule has 0 radical (unpaired) electrons. The summed E-state index contributed by atoms with van der Waals surface area (Å²) in [6, 6.07) is 6.51. The van der Waals surface area contributed by atoms with Crippen molar-refractivity contribution in [2.45, 2.75) is 51.9 Å². The van der Waals surface area contributed by atoms with Crippen molar-refractivity contribution in [2.24, 2.45) is 0 Å². The number of hydrogen-bond donors (Lipinski definition) is 2. The van der Waals surface area contributed by atoms with Gasteiger partial charge < -0.3 is 15.6 Å². The minimum Gasteiger partial charge on any atom is -0.382 e. The molecule has 0 atom stereocenters. The number of nitrogens with one attached hydrogen (secondary N) is 1. The molecule has 0 aliphatic carbocycles. The highest BCUT2D eigenvalue weighted by Gasteiger charge is 2.12. The Morgan fingerprint density at radius 1 is 1.04 bits per heavy atom. The Balaban J connectivity index is 1.81. The number of fused-ring (bicyclic) bond motifs is 3. The van der Waals surface area contributed by atoms with E-state index < -0.39 is 0 Å². The van der Waals surface area contributed by atoms with Crippen LogP contribution in [0.15, 0.2) is 18.2 Å². The summed E-state index contributed by atoms with van der Waals surface area (Å²) in [5.74, 6) is 1.55. The average Bonchev–Trinajstić information content (AvgIpc) is 3.05. The predicted octanol–water partition coefficient (Wildman–Crippen LogP) is 4.31. The molecule has 26 heavy (non-hydrogen) atoms. The van der Waals surface area contributed by atoms with E-state index >= 15 is 0 Å². The number of hydrogen-bond acceptors (Lipinski definition) is 4. The lowest BCUT2D eigenvalue weighted by Gasteiger charge is -2.09. The first-order valence-corrected chi connectivity index (χ1v) is 9.80. The lowest BCUT2D eigenvalue weighted by atomic mass is 10.0. The highest BCUT2D eigenvalue weighted by molar-refractivity contribution is 6.06. The average molecular weight is 354 g/mol. The molecule has 3 aromatic rings. The Hall–Kier alpha value is -2.14. The van der Waals surface area contributed by atoms with Crippen LogP contribution in [-0.4, -0.2) is 40.5 Å². The van der Waals surface area contributed by atoms with Gasteiger partial charge in [-0.3, -0.25) is 0 Å². The van der Waals surface area contributed by atoms with Gasteiger partial charge in [0.2, 0.25) is 0 Å². The van der Waals surface area contributed by atoms with Gasteiger partial charge >= 0.3 is 0 Å². The maximum absolute atomic E-state index is 6.15. The van der Waals surface area contributed by atoms with Gasteiger partial charge in [-0.15, -0.1) is 0 Å². The second kappa shape index (κ2) is 8.49. The third-order valence-corrected chi connectivity index (χ3v) is 4.90. The maximum Gasteiger partial charge on any atom is 0.150 e. The van der Waals surface area contributed by atoms with E-state index in [0.29, 0.717) is 5.82 Å². The SMILES string of the molecule is CCCCc1nc2c([nH]1)c(N)nc1ccc(CCCCCN(C)C)cc12. The zero-order valence-corrected chi connectivity index (χ0v) is 16.3. The zero-order valence-electron chi connectivity index (χ0n) is 16.3. The van der Waals surface area contributed by atoms with Gasteiger partial charge in [0, 0.05) is 11.8 Å². The first-order chi connectivity index (χ1) is 12.6. The standard InChI is InChI=1S/C21H31N5/c1-4-5-10-18-24-19-16-14-15(9-7-6-8-13-26(2)3)11-12-17(16)23-21(22)20(19)25-18/h11-12,14H,4-10,13H2,1-3H3,(H2,22,23)(H,24,25). The van der Waals surface area contributed by atoms with Crippen molar-refractivity contribution in [1.82, 2.24) is 19.9 Å². The molecule has 0 saturated heterocycles. The molecular formula is C21H31N5. The number of nitrogens with two attached hydrogens (primary N) is 1. The summed E-state index contributed by atoms with van der Waals surface area (Å²) >= 11 is 0. The van der Waals surface area contributed by atoms with E-state index in [9.17, 15) is 0 Å². The van der Waals surface area contributed by atoms with Crippen LogP contribution in [0, 0.1) is 0 Å². The number of rotatable bonds is 9. The molecule has 5 heteroatoms. The third kappa shape index (κ3) is 4.33. The summed E-state index contributed by atoms with van der Waals surface area (Å²) < 4.78 is 0. The second-order valence-electron chi connectivity index (χ2n) is 7.47. The molecule has 0 bridgehead atoms. The molecule has 0 aliphatic heterocycles. The molecule has 0 saturated carbocycles. The predicted molar refractivity (Wildman–Crippen MR) is 111 cm³/mol. The second-order valence-corrected chi connectivity index (χ2v) is 7.47. The third-order valence-electron chi connectivity index (χ3n) is 4.90. The van der Waals surface area contributed by atoms with E-state index in [1.807, 2.05) is 0 Å². The van der Waals surface area contributed by atoms with Crippen molar-refractivity contribution >= 4 is 27.8 Å². The number of benzene rings is 1. The number of H-pyrrole nitrogens is 1. The molecular weight excluding hydrogens is 322 g/mol. The van der Waals surface area contributed by atoms with Gasteiger partial charge in [-0.25, -0.2) is 9.97 Å². The molecule has 0 fully saturated rings. The van der Waals surface area contributed by atoms with Crippen LogP contribution in [0.2, 0.25) is 0 Å². The molecule has 0 amide bonds. The fraction of sp³-hybridized carbons (Fsp3) is 0.524. The lowest BCUT2D eigenvalue weighted by molar-refractivity contribution is 0.391. The number of aromatic amines is 1. The Bertz CT molecular complexity index is 866. The van der Waals surface area contributed by atoms with E-state index in [-0.39, 0.29) is 0 Å². The molecule has 140 valence electrons. The first-order valence-electron chi connectivity index (χ1n) is 9.80. The van der Waals surface area contributed by atoms with Gasteiger partial charge in [-0.2, -0.15) is 0 Å². The van der Waals surface area contributed by atoms with Crippen LogP contribution >= 0.6 is 0 Å². The van der Waals surface area contributed by atoms with E-state index in [2.05, 4.69) is 54.1 Å². The molecule has 3 N–H and O–H groups in total. The van der Waals surface area contributed by atoms with Crippen LogP contribution in [0.1, 0.15) is 50.4 Å². The summed E-state index contributed by atoms with van der Waals surface area (Å²) in [5.41, 5.74) is 10.3. The fourth-order valence-corrected chi connectivity index (χ4v) is 3.41. The highest BCUT2D eigenvalue weighted by atomic mass is 15.0. The maximum atomic E-state index is 6.15. The summed E-state index contributed by atoms with van der Waals surface area (Å²) in [4.78, 5) is 15.0. The number of nitrogens with zero attached hydrogens (tertiary/aromatic N) is 3. The van der Waals surface area contributed by atoms with Crippen LogP contribution in [0.4, 0.5) is 5.82 Å². The summed E-state index contributed by atoms with van der Waals surface area (Å²) in [5, 5.41) is 1.11. The Kier molecular flexibility index (Phi) is 6.09. The van der Waals surface area contributed by atoms with Crippen molar-refractivity contribution in [1.29, 1.82) is 0 Å². The Morgan fingerprint density at radius 3 is 2.65 bits per heavy atom. The van der Waals surface area contributed by atoms with Gasteiger partial charge in [0.25, 0.3) is 0 Å². The monoisotopic (exact) mass is 353 g/mol. The largest absolute Gasteiger partial charge is 0.382 e. The van der Waals surface area contributed by atoms with Gasteiger partial charge in [0.05, 0.1) is 5.52 Å². The van der Waals surface area contributed by atoms with Gasteiger partial charge in [-0.1, -0.05) is 25.8 Å². The summed E-state index contributed by atoms with van der Waals surface area (Å²) in [6.45, 7) is 3.36. The number of aromatic nitrogens is 3. The Labute approximate surface area is 156 Å². The first kappa shape index (κ1) is 18.6. The number of nitrogen functional groups attached to an aromatic ring is 1. The van der Waals surface area contributed by atoms with Crippen molar-refractivity contribution in [3.8, 4) is 0 Å². The molecule has 0 spiro atoms. The fourth-order valence-electron chi connectivity index (χ4n) is 3.41. The van der Waals surface area contributed by atoms with E-state index in [1.165, 1.54) is 24.8 Å². The molecule has 0 aliphatic rings. The minimum atomic E-state index is 0.541. The van der Waals surface area contributed by atoms with Crippen molar-refractivity contribution < 1.29 is 0 Å². The van der Waals surface area contributed by atoms with Gasteiger partial charge in [-0.05, 0) is 64.0 Å². The summed E-state index contributed by atoms with van der Waals surface area (Å²) in [7, 11) is 4.26. The number of imidazole rings is 1. The number of aryl methyl sites for hydroxylation is 2. The van der Waals surface area contributed by atoms with Crippen molar-refractivity contribution in [2.75, 3.05) is 26.4 Å². The zero-order chi connectivity index (χ0) is 18.5. The van der Waals surface area contributed by atoms with Gasteiger partial charge in [0.1, 0.15) is 22.7 Å². The van der Waals surface area contributed by atoms with Crippen LogP contribution in [0.3, 0.4) is 0 Å². The Morgan fingerprint density at radius 2 is 1.88 bits per heavy atom. The van der Waals surface area contributed by atoms with Gasteiger partial charge in [0.15, 0.2) is 0 Å². The number of unbranched alkanes of at least 4 members (excludes halogenated alkanes) is 3. The topological polar surface area (TPSA) is 70.8 Å².